The predicted octanol–water partition coefficient (Wildman–Crippen LogP) is 2.35. The first-order chi connectivity index (χ1) is 13.0. The van der Waals surface area contributed by atoms with Gasteiger partial charge in [-0.05, 0) is 26.0 Å². The van der Waals surface area contributed by atoms with Crippen LogP contribution in [-0.4, -0.2) is 44.5 Å². The third-order valence-corrected chi connectivity index (χ3v) is 4.29. The predicted molar refractivity (Wildman–Crippen MR) is 95.8 cm³/mol. The Morgan fingerprint density at radius 3 is 2.44 bits per heavy atom. The summed E-state index contributed by atoms with van der Waals surface area (Å²) >= 11 is 0. The number of esters is 2. The smallest absolute Gasteiger partial charge is 0.355 e. The van der Waals surface area contributed by atoms with Crippen LogP contribution in [0.1, 0.15) is 11.5 Å². The molecule has 1 aliphatic rings. The van der Waals surface area contributed by atoms with E-state index in [4.69, 9.17) is 18.6 Å². The molecule has 0 saturated heterocycles. The number of anilines is 1. The maximum absolute atomic E-state index is 12.5. The number of rotatable bonds is 4. The number of nitrogens with zero attached hydrogens (tertiary/aromatic N) is 2. The van der Waals surface area contributed by atoms with Crippen molar-refractivity contribution in [3.05, 3.63) is 47.0 Å². The van der Waals surface area contributed by atoms with E-state index in [2.05, 4.69) is 4.98 Å². The summed E-state index contributed by atoms with van der Waals surface area (Å²) in [5.41, 5.74) is 2.19. The first kappa shape index (κ1) is 18.7. The topological polar surface area (TPSA) is 91.1 Å². The van der Waals surface area contributed by atoms with Gasteiger partial charge in [-0.2, -0.15) is 0 Å². The van der Waals surface area contributed by atoms with Crippen molar-refractivity contribution in [2.24, 2.45) is 0 Å². The molecule has 0 saturated carbocycles. The van der Waals surface area contributed by atoms with E-state index in [1.54, 1.807) is 11.0 Å². The van der Waals surface area contributed by atoms with Crippen LogP contribution < -0.4 is 4.90 Å². The number of carbonyl (C=O) groups excluding carboxylic acids is 2. The highest BCUT2D eigenvalue weighted by Crippen LogP contribution is 2.35. The molecule has 0 unspecified atom stereocenters. The van der Waals surface area contributed by atoms with E-state index in [1.807, 2.05) is 32.0 Å². The zero-order valence-electron chi connectivity index (χ0n) is 15.6. The van der Waals surface area contributed by atoms with Crippen LogP contribution in [0.25, 0.3) is 11.5 Å². The van der Waals surface area contributed by atoms with E-state index in [0.717, 1.165) is 5.69 Å². The van der Waals surface area contributed by atoms with Gasteiger partial charge in [0.25, 0.3) is 0 Å². The quantitative estimate of drug-likeness (QED) is 0.756. The summed E-state index contributed by atoms with van der Waals surface area (Å²) in [6.45, 7) is 3.69. The van der Waals surface area contributed by atoms with Gasteiger partial charge >= 0.3 is 11.9 Å². The van der Waals surface area contributed by atoms with Gasteiger partial charge in [-0.15, -0.1) is 0 Å². The lowest BCUT2D eigenvalue weighted by molar-refractivity contribution is -0.140. The minimum absolute atomic E-state index is 0.0486. The highest BCUT2D eigenvalue weighted by molar-refractivity contribution is 6.04. The van der Waals surface area contributed by atoms with Crippen molar-refractivity contribution in [3.63, 3.8) is 0 Å². The number of methoxy groups -OCH3 is 2. The number of carbonyl (C=O) groups is 2. The number of para-hydroxylation sites is 1. The molecule has 0 atom stereocenters. The molecular formula is C19H20N2O6. The highest BCUT2D eigenvalue weighted by Gasteiger charge is 2.33. The lowest BCUT2D eigenvalue weighted by Gasteiger charge is -2.32. The van der Waals surface area contributed by atoms with Gasteiger partial charge in [-0.25, -0.2) is 14.6 Å². The van der Waals surface area contributed by atoms with Crippen molar-refractivity contribution in [2.45, 2.75) is 13.8 Å². The maximum atomic E-state index is 12.5. The maximum Gasteiger partial charge on any atom is 0.355 e. The van der Waals surface area contributed by atoms with Crippen LogP contribution in [-0.2, 0) is 23.8 Å². The molecular weight excluding hydrogens is 352 g/mol. The molecule has 2 aromatic rings. The van der Waals surface area contributed by atoms with E-state index in [-0.39, 0.29) is 24.6 Å². The van der Waals surface area contributed by atoms with Crippen molar-refractivity contribution >= 4 is 17.6 Å². The second-order valence-corrected chi connectivity index (χ2v) is 5.89. The molecule has 8 nitrogen and oxygen atoms in total. The molecule has 1 aromatic carbocycles. The molecule has 8 heteroatoms. The minimum atomic E-state index is -0.659. The molecule has 3 rings (SSSR count). The minimum Gasteiger partial charge on any atom is -0.466 e. The summed E-state index contributed by atoms with van der Waals surface area (Å²) in [5, 5.41) is 0. The molecule has 142 valence electrons. The lowest BCUT2D eigenvalue weighted by Crippen LogP contribution is -2.39. The standard InChI is InChI=1S/C19H20N2O6/c1-11-12(2)27-17(20-11)13-7-5-6-8-15(13)21-10-26-9-14(18(22)24-3)16(21)19(23)25-4/h5-8H,9-10H2,1-4H3. The Hall–Kier alpha value is -3.13. The van der Waals surface area contributed by atoms with Crippen LogP contribution >= 0.6 is 0 Å². The molecule has 27 heavy (non-hydrogen) atoms. The van der Waals surface area contributed by atoms with Crippen LogP contribution in [0, 0.1) is 13.8 Å². The van der Waals surface area contributed by atoms with Crippen LogP contribution in [0.4, 0.5) is 5.69 Å². The summed E-state index contributed by atoms with van der Waals surface area (Å²) in [6.07, 6.45) is 0. The van der Waals surface area contributed by atoms with Crippen LogP contribution in [0.2, 0.25) is 0 Å². The lowest BCUT2D eigenvalue weighted by atomic mass is 10.1. The van der Waals surface area contributed by atoms with Crippen LogP contribution in [0.15, 0.2) is 40.0 Å². The van der Waals surface area contributed by atoms with E-state index < -0.39 is 11.9 Å². The molecule has 1 aliphatic heterocycles. The number of aryl methyl sites for hydroxylation is 2. The van der Waals surface area contributed by atoms with E-state index >= 15 is 0 Å². The zero-order valence-corrected chi connectivity index (χ0v) is 15.6. The Morgan fingerprint density at radius 2 is 1.81 bits per heavy atom. The largest absolute Gasteiger partial charge is 0.466 e. The first-order valence-corrected chi connectivity index (χ1v) is 8.26. The Morgan fingerprint density at radius 1 is 1.11 bits per heavy atom. The van der Waals surface area contributed by atoms with Gasteiger partial charge in [0, 0.05) is 0 Å². The fraction of sp³-hybridized carbons (Fsp3) is 0.316. The number of ether oxygens (including phenoxy) is 3. The molecule has 0 radical (unpaired) electrons. The molecule has 0 spiro atoms. The van der Waals surface area contributed by atoms with E-state index in [0.29, 0.717) is 22.9 Å². The number of hydrogen-bond acceptors (Lipinski definition) is 8. The van der Waals surface area contributed by atoms with Crippen molar-refractivity contribution in [1.82, 2.24) is 4.98 Å². The fourth-order valence-corrected chi connectivity index (χ4v) is 2.81. The second-order valence-electron chi connectivity index (χ2n) is 5.89. The average Bonchev–Trinajstić information content (AvgIpc) is 3.04. The van der Waals surface area contributed by atoms with Gasteiger partial charge in [-0.3, -0.25) is 0 Å². The van der Waals surface area contributed by atoms with Gasteiger partial charge in [0.1, 0.15) is 18.2 Å². The normalized spacial score (nSPS) is 14.3. The molecule has 1 aromatic heterocycles. The first-order valence-electron chi connectivity index (χ1n) is 8.26. The Kier molecular flexibility index (Phi) is 5.27. The van der Waals surface area contributed by atoms with Gasteiger partial charge in [-0.1, -0.05) is 12.1 Å². The van der Waals surface area contributed by atoms with Crippen molar-refractivity contribution in [1.29, 1.82) is 0 Å². The molecule has 0 amide bonds. The van der Waals surface area contributed by atoms with Gasteiger partial charge < -0.3 is 23.5 Å². The number of oxazole rings is 1. The Balaban J connectivity index is 2.17. The number of hydrogen-bond donors (Lipinski definition) is 0. The summed E-state index contributed by atoms with van der Waals surface area (Å²) in [4.78, 5) is 30.6. The van der Waals surface area contributed by atoms with Crippen molar-refractivity contribution in [3.8, 4) is 11.5 Å². The number of benzene rings is 1. The monoisotopic (exact) mass is 372 g/mol. The van der Waals surface area contributed by atoms with Gasteiger partial charge in [0.05, 0.1) is 43.3 Å². The summed E-state index contributed by atoms with van der Waals surface area (Å²) in [7, 11) is 2.50. The van der Waals surface area contributed by atoms with Crippen molar-refractivity contribution < 1.29 is 28.2 Å². The molecule has 0 fully saturated rings. The highest BCUT2D eigenvalue weighted by atomic mass is 16.5. The molecule has 0 N–H and O–H groups in total. The van der Waals surface area contributed by atoms with Crippen LogP contribution in [0.5, 0.6) is 0 Å². The van der Waals surface area contributed by atoms with Gasteiger partial charge in [0.2, 0.25) is 5.89 Å². The van der Waals surface area contributed by atoms with Crippen molar-refractivity contribution in [2.75, 3.05) is 32.5 Å². The summed E-state index contributed by atoms with van der Waals surface area (Å²) in [5.74, 6) is -0.197. The Bertz CT molecular complexity index is 895. The summed E-state index contributed by atoms with van der Waals surface area (Å²) in [6, 6.07) is 7.25. The average molecular weight is 372 g/mol. The molecule has 0 aliphatic carbocycles. The van der Waals surface area contributed by atoms with Gasteiger partial charge in [0.15, 0.2) is 0 Å². The third kappa shape index (κ3) is 3.43. The van der Waals surface area contributed by atoms with Crippen LogP contribution in [0.3, 0.4) is 0 Å². The fourth-order valence-electron chi connectivity index (χ4n) is 2.81. The van der Waals surface area contributed by atoms with E-state index in [1.165, 1.54) is 14.2 Å². The zero-order chi connectivity index (χ0) is 19.6. The molecule has 2 heterocycles. The SMILES string of the molecule is COC(=O)C1=C(C(=O)OC)N(c2ccccc2-c2nc(C)c(C)o2)COC1. The number of aromatic nitrogens is 1. The molecule has 0 bridgehead atoms. The second kappa shape index (κ2) is 7.63. The Labute approximate surface area is 156 Å². The third-order valence-electron chi connectivity index (χ3n) is 4.29. The van der Waals surface area contributed by atoms with E-state index in [9.17, 15) is 9.59 Å². The summed E-state index contributed by atoms with van der Waals surface area (Å²) < 4.78 is 21.0.